The van der Waals surface area contributed by atoms with Crippen molar-refractivity contribution in [1.82, 2.24) is 10.6 Å². The van der Waals surface area contributed by atoms with Crippen molar-refractivity contribution in [3.63, 3.8) is 0 Å². The van der Waals surface area contributed by atoms with Crippen LogP contribution < -0.4 is 10.6 Å². The Hall–Kier alpha value is -6.74. The van der Waals surface area contributed by atoms with Gasteiger partial charge in [0.2, 0.25) is 17.2 Å². The molecule has 0 saturated carbocycles. The molecule has 8 aromatic carbocycles. The van der Waals surface area contributed by atoms with Crippen LogP contribution in [0.2, 0.25) is 0 Å². The van der Waals surface area contributed by atoms with Crippen LogP contribution >= 0.6 is 0 Å². The summed E-state index contributed by atoms with van der Waals surface area (Å²) in [6.45, 7) is 0.689. The highest BCUT2D eigenvalue weighted by molar-refractivity contribution is 6.26. The van der Waals surface area contributed by atoms with Gasteiger partial charge in [-0.05, 0) is 78.8 Å². The maximum absolute atomic E-state index is 10.7. The number of fused-ring (bicyclic) bond motifs is 9. The molecule has 9 aromatic rings. The van der Waals surface area contributed by atoms with Crippen molar-refractivity contribution in [2.75, 3.05) is 6.67 Å². The van der Waals surface area contributed by atoms with E-state index >= 15 is 0 Å². The highest BCUT2D eigenvalue weighted by Crippen LogP contribution is 2.53. The van der Waals surface area contributed by atoms with E-state index in [1.54, 1.807) is 24.3 Å². The van der Waals surface area contributed by atoms with E-state index in [-0.39, 0.29) is 12.2 Å². The largest absolute Gasteiger partial charge is 0.504 e. The summed E-state index contributed by atoms with van der Waals surface area (Å²) < 4.78 is 6.35. The van der Waals surface area contributed by atoms with E-state index in [0.717, 1.165) is 38.6 Å². The first-order valence-corrected chi connectivity index (χ1v) is 17.3. The lowest BCUT2D eigenvalue weighted by Gasteiger charge is -2.23. The average molecular weight is 699 g/mol. The molecule has 0 aliphatic carbocycles. The summed E-state index contributed by atoms with van der Waals surface area (Å²) >= 11 is 0. The summed E-state index contributed by atoms with van der Waals surface area (Å²) in [6.07, 6.45) is 0. The summed E-state index contributed by atoms with van der Waals surface area (Å²) in [6, 6.07) is 44.3. The van der Waals surface area contributed by atoms with Gasteiger partial charge in [0.25, 0.3) is 0 Å². The van der Waals surface area contributed by atoms with Gasteiger partial charge in [-0.15, -0.1) is 0 Å². The van der Waals surface area contributed by atoms with E-state index in [1.807, 2.05) is 30.3 Å². The molecule has 0 aliphatic heterocycles. The molecule has 53 heavy (non-hydrogen) atoms. The SMILES string of the molecule is Oc1c(O)c(O)c(C(NCNCc2ccc3oc4cccc(-c5ccc6c7ccccc7c7ccccc7c6c5)c4c3c2)c2ccccc2)c(O)c1O. The first-order chi connectivity index (χ1) is 25.9. The molecule has 1 unspecified atom stereocenters. The quantitative estimate of drug-likeness (QED) is 0.0274. The van der Waals surface area contributed by atoms with E-state index in [0.29, 0.717) is 12.1 Å². The molecule has 1 heterocycles. The molecule has 0 radical (unpaired) electrons. The van der Waals surface area contributed by atoms with Crippen molar-refractivity contribution in [3.05, 3.63) is 150 Å². The molecule has 1 aromatic heterocycles. The predicted molar refractivity (Wildman–Crippen MR) is 210 cm³/mol. The molecular formula is C45H34N2O6. The third-order valence-electron chi connectivity index (χ3n) is 10.2. The van der Waals surface area contributed by atoms with Gasteiger partial charge in [0.1, 0.15) is 11.2 Å². The van der Waals surface area contributed by atoms with Gasteiger partial charge >= 0.3 is 0 Å². The first kappa shape index (κ1) is 32.2. The second-order valence-corrected chi connectivity index (χ2v) is 13.3. The smallest absolute Gasteiger partial charge is 0.208 e. The maximum atomic E-state index is 10.7. The number of aromatic hydroxyl groups is 5. The van der Waals surface area contributed by atoms with Gasteiger partial charge in [0.05, 0.1) is 11.6 Å². The fraction of sp³-hybridized carbons (Fsp3) is 0.0667. The number of nitrogens with one attached hydrogen (secondary N) is 2. The van der Waals surface area contributed by atoms with Gasteiger partial charge in [-0.1, -0.05) is 109 Å². The van der Waals surface area contributed by atoms with Crippen molar-refractivity contribution < 1.29 is 29.9 Å². The third kappa shape index (κ3) is 5.31. The molecule has 0 bridgehead atoms. The number of rotatable bonds is 8. The molecule has 8 heteroatoms. The predicted octanol–water partition coefficient (Wildman–Crippen LogP) is 9.67. The number of phenolic OH excluding ortho intramolecular Hbond substituents is 5. The van der Waals surface area contributed by atoms with Gasteiger partial charge in [-0.2, -0.15) is 0 Å². The lowest BCUT2D eigenvalue weighted by atomic mass is 9.91. The lowest BCUT2D eigenvalue weighted by Crippen LogP contribution is -2.32. The molecule has 260 valence electrons. The molecule has 9 rings (SSSR count). The standard InChI is InChI=1S/C45H34N2O6/c48-41-39(42(49)44(51)45(52)43(41)50)40(26-9-2-1-3-10-26)47-24-46-23-25-17-20-36-35(21-25)38-28(15-8-16-37(38)53-36)27-18-19-33-31-13-5-4-11-29(31)30-12-6-7-14-32(30)34(33)22-27/h1-22,40,46-52H,23-24H2. The van der Waals surface area contributed by atoms with Crippen LogP contribution in [0.1, 0.15) is 22.7 Å². The van der Waals surface area contributed by atoms with Crippen molar-refractivity contribution in [2.45, 2.75) is 12.6 Å². The van der Waals surface area contributed by atoms with Gasteiger partial charge in [-0.3, -0.25) is 5.32 Å². The summed E-state index contributed by atoms with van der Waals surface area (Å²) in [4.78, 5) is 0. The third-order valence-corrected chi connectivity index (χ3v) is 10.2. The Morgan fingerprint density at radius 3 is 1.77 bits per heavy atom. The van der Waals surface area contributed by atoms with Gasteiger partial charge in [0, 0.05) is 24.0 Å². The van der Waals surface area contributed by atoms with E-state index in [9.17, 15) is 25.5 Å². The minimum Gasteiger partial charge on any atom is -0.504 e. The van der Waals surface area contributed by atoms with Crippen molar-refractivity contribution in [1.29, 1.82) is 0 Å². The molecule has 7 N–H and O–H groups in total. The number of furan rings is 1. The second-order valence-electron chi connectivity index (χ2n) is 13.3. The van der Waals surface area contributed by atoms with Crippen LogP contribution in [0.15, 0.2) is 138 Å². The zero-order chi connectivity index (χ0) is 36.2. The lowest BCUT2D eigenvalue weighted by molar-refractivity contribution is 0.320. The highest BCUT2D eigenvalue weighted by atomic mass is 16.4. The first-order valence-electron chi connectivity index (χ1n) is 17.3. The van der Waals surface area contributed by atoms with Crippen LogP contribution in [0.25, 0.3) is 65.4 Å². The fourth-order valence-electron chi connectivity index (χ4n) is 7.69. The normalized spacial score (nSPS) is 12.4. The molecule has 8 nitrogen and oxygen atoms in total. The fourth-order valence-corrected chi connectivity index (χ4v) is 7.69. The zero-order valence-corrected chi connectivity index (χ0v) is 28.3. The summed E-state index contributed by atoms with van der Waals surface area (Å²) in [5, 5.41) is 67.9. The van der Waals surface area contributed by atoms with Crippen LogP contribution in [0.3, 0.4) is 0 Å². The van der Waals surface area contributed by atoms with Crippen LogP contribution in [0, 0.1) is 0 Å². The Morgan fingerprint density at radius 2 is 1.09 bits per heavy atom. The topological polar surface area (TPSA) is 138 Å². The van der Waals surface area contributed by atoms with Crippen LogP contribution in [-0.2, 0) is 6.54 Å². The van der Waals surface area contributed by atoms with Gasteiger partial charge in [-0.25, -0.2) is 0 Å². The molecule has 0 fully saturated rings. The highest BCUT2D eigenvalue weighted by Gasteiger charge is 2.29. The van der Waals surface area contributed by atoms with Crippen LogP contribution in [0.5, 0.6) is 28.7 Å². The van der Waals surface area contributed by atoms with Crippen LogP contribution in [0.4, 0.5) is 0 Å². The number of hydrogen-bond donors (Lipinski definition) is 7. The van der Waals surface area contributed by atoms with Gasteiger partial charge < -0.3 is 35.3 Å². The minimum atomic E-state index is -0.998. The monoisotopic (exact) mass is 698 g/mol. The zero-order valence-electron chi connectivity index (χ0n) is 28.3. The molecular weight excluding hydrogens is 665 g/mol. The molecule has 0 spiro atoms. The second kappa shape index (κ2) is 12.8. The number of benzene rings is 8. The Kier molecular flexibility index (Phi) is 7.77. The maximum Gasteiger partial charge on any atom is 0.208 e. The van der Waals surface area contributed by atoms with Crippen molar-refractivity contribution >= 4 is 54.3 Å². The Morgan fingerprint density at radius 1 is 0.491 bits per heavy atom. The van der Waals surface area contributed by atoms with Crippen molar-refractivity contribution in [2.24, 2.45) is 0 Å². The van der Waals surface area contributed by atoms with Crippen LogP contribution in [-0.4, -0.2) is 32.2 Å². The van der Waals surface area contributed by atoms with E-state index < -0.39 is 34.8 Å². The molecule has 0 saturated heterocycles. The Balaban J connectivity index is 1.04. The minimum absolute atomic E-state index is 0.167. The summed E-state index contributed by atoms with van der Waals surface area (Å²) in [5.74, 6) is -4.31. The summed E-state index contributed by atoms with van der Waals surface area (Å²) in [5.41, 5.74) is 5.26. The molecule has 0 aliphatic rings. The Labute approximate surface area is 303 Å². The molecule has 1 atom stereocenters. The van der Waals surface area contributed by atoms with Crippen molar-refractivity contribution in [3.8, 4) is 39.9 Å². The molecule has 0 amide bonds. The Bertz CT molecular complexity index is 2800. The summed E-state index contributed by atoms with van der Waals surface area (Å²) in [7, 11) is 0. The number of hydrogen-bond acceptors (Lipinski definition) is 8. The van der Waals surface area contributed by atoms with Gasteiger partial charge in [0.15, 0.2) is 11.5 Å². The van der Waals surface area contributed by atoms with E-state index in [1.165, 1.54) is 32.3 Å². The number of phenols is 5. The van der Waals surface area contributed by atoms with E-state index in [2.05, 4.69) is 89.5 Å². The van der Waals surface area contributed by atoms with E-state index in [4.69, 9.17) is 4.42 Å². The average Bonchev–Trinajstić information content (AvgIpc) is 3.59.